The van der Waals surface area contributed by atoms with E-state index in [9.17, 15) is 9.59 Å². The van der Waals surface area contributed by atoms with Gasteiger partial charge in [0.15, 0.2) is 0 Å². The van der Waals surface area contributed by atoms with Gasteiger partial charge in [0.1, 0.15) is 0 Å². The Labute approximate surface area is 107 Å². The van der Waals surface area contributed by atoms with Crippen LogP contribution in [-0.2, 0) is 0 Å². The zero-order valence-corrected chi connectivity index (χ0v) is 10.7. The summed E-state index contributed by atoms with van der Waals surface area (Å²) < 4.78 is 0. The lowest BCUT2D eigenvalue weighted by Gasteiger charge is -2.10. The van der Waals surface area contributed by atoms with E-state index in [1.54, 1.807) is 24.3 Å². The lowest BCUT2D eigenvalue weighted by Crippen LogP contribution is -2.43. The van der Waals surface area contributed by atoms with E-state index in [2.05, 4.69) is 16.0 Å². The molecule has 5 heteroatoms. The maximum atomic E-state index is 11.6. The summed E-state index contributed by atoms with van der Waals surface area (Å²) in [6, 6.07) is 8.57. The van der Waals surface area contributed by atoms with E-state index < -0.39 is 0 Å². The first-order chi connectivity index (χ1) is 8.59. The van der Waals surface area contributed by atoms with Crippen LogP contribution >= 0.6 is 0 Å². The largest absolute Gasteiger partial charge is 0.338 e. The molecule has 0 radical (unpaired) electrons. The Hall–Kier alpha value is -2.04. The summed E-state index contributed by atoms with van der Waals surface area (Å²) in [5, 5.41) is 7.86. The molecule has 0 spiro atoms. The van der Waals surface area contributed by atoms with Crippen LogP contribution in [0.5, 0.6) is 0 Å². The first-order valence-electron chi connectivity index (χ1n) is 5.94. The summed E-state index contributed by atoms with van der Waals surface area (Å²) in [5.41, 5.74) is 0.571. The van der Waals surface area contributed by atoms with Crippen molar-refractivity contribution in [2.75, 3.05) is 13.2 Å². The molecule has 0 atom stereocenters. The molecule has 0 fully saturated rings. The highest BCUT2D eigenvalue weighted by atomic mass is 16.2. The minimum absolute atomic E-state index is 0.109. The second-order valence-electron chi connectivity index (χ2n) is 4.33. The van der Waals surface area contributed by atoms with Crippen LogP contribution in [-0.4, -0.2) is 25.2 Å². The molecule has 0 saturated carbocycles. The summed E-state index contributed by atoms with van der Waals surface area (Å²) in [6.07, 6.45) is 0. The van der Waals surface area contributed by atoms with Crippen LogP contribution < -0.4 is 16.0 Å². The van der Waals surface area contributed by atoms with Crippen molar-refractivity contribution in [2.24, 2.45) is 5.92 Å². The van der Waals surface area contributed by atoms with Crippen molar-refractivity contribution >= 4 is 11.9 Å². The number of carbonyl (C=O) groups is 2. The fourth-order valence-corrected chi connectivity index (χ4v) is 1.26. The van der Waals surface area contributed by atoms with Gasteiger partial charge in [-0.3, -0.25) is 4.79 Å². The molecular formula is C13H19N3O2. The molecule has 1 aromatic rings. The molecule has 3 amide bonds. The molecule has 1 rings (SSSR count). The Morgan fingerprint density at radius 1 is 1.06 bits per heavy atom. The quantitative estimate of drug-likeness (QED) is 0.689. The number of hydrogen-bond donors (Lipinski definition) is 3. The van der Waals surface area contributed by atoms with E-state index in [0.29, 0.717) is 18.0 Å². The predicted octanol–water partition coefficient (Wildman–Crippen LogP) is 1.33. The molecule has 0 bridgehead atoms. The van der Waals surface area contributed by atoms with Gasteiger partial charge in [-0.25, -0.2) is 4.79 Å². The van der Waals surface area contributed by atoms with Crippen LogP contribution in [0, 0.1) is 5.92 Å². The van der Waals surface area contributed by atoms with E-state index >= 15 is 0 Å². The Kier molecular flexibility index (Phi) is 5.70. The number of hydrogen-bond acceptors (Lipinski definition) is 2. The van der Waals surface area contributed by atoms with Gasteiger partial charge in [-0.1, -0.05) is 32.0 Å². The van der Waals surface area contributed by atoms with E-state index in [-0.39, 0.29) is 18.6 Å². The monoisotopic (exact) mass is 249 g/mol. The Balaban J connectivity index is 2.22. The zero-order chi connectivity index (χ0) is 13.4. The van der Waals surface area contributed by atoms with Gasteiger partial charge in [0.05, 0.1) is 6.67 Å². The van der Waals surface area contributed by atoms with Crippen molar-refractivity contribution in [3.05, 3.63) is 35.9 Å². The van der Waals surface area contributed by atoms with E-state index in [4.69, 9.17) is 0 Å². The van der Waals surface area contributed by atoms with Crippen LogP contribution in [0.4, 0.5) is 4.79 Å². The van der Waals surface area contributed by atoms with Crippen LogP contribution in [0.25, 0.3) is 0 Å². The molecular weight excluding hydrogens is 230 g/mol. The summed E-state index contributed by atoms with van der Waals surface area (Å²) in [4.78, 5) is 22.9. The number of carbonyl (C=O) groups excluding carboxylic acids is 2. The van der Waals surface area contributed by atoms with Crippen molar-refractivity contribution in [1.29, 1.82) is 0 Å². The maximum absolute atomic E-state index is 11.6. The normalized spacial score (nSPS) is 9.94. The van der Waals surface area contributed by atoms with Crippen LogP contribution in [0.1, 0.15) is 24.2 Å². The first kappa shape index (κ1) is 14.0. The van der Waals surface area contributed by atoms with E-state index in [1.807, 2.05) is 19.9 Å². The van der Waals surface area contributed by atoms with Crippen LogP contribution in [0.3, 0.4) is 0 Å². The highest BCUT2D eigenvalue weighted by molar-refractivity contribution is 5.94. The fourth-order valence-electron chi connectivity index (χ4n) is 1.26. The number of benzene rings is 1. The Bertz CT molecular complexity index is 390. The second-order valence-corrected chi connectivity index (χ2v) is 4.33. The van der Waals surface area contributed by atoms with E-state index in [1.165, 1.54) is 0 Å². The highest BCUT2D eigenvalue weighted by Gasteiger charge is 2.04. The summed E-state index contributed by atoms with van der Waals surface area (Å²) in [7, 11) is 0. The zero-order valence-electron chi connectivity index (χ0n) is 10.7. The lowest BCUT2D eigenvalue weighted by molar-refractivity contribution is 0.0952. The highest BCUT2D eigenvalue weighted by Crippen LogP contribution is 1.96. The molecule has 98 valence electrons. The third kappa shape index (κ3) is 5.34. The molecule has 0 aromatic heterocycles. The van der Waals surface area contributed by atoms with Crippen LogP contribution in [0.2, 0.25) is 0 Å². The third-order valence-electron chi connectivity index (χ3n) is 2.20. The molecule has 1 aromatic carbocycles. The standard InChI is InChI=1S/C13H19N3O2/c1-10(2)8-14-13(18)16-9-15-12(17)11-6-4-3-5-7-11/h3-7,10H,8-9H2,1-2H3,(H,15,17)(H2,14,16,18). The molecule has 0 heterocycles. The third-order valence-corrected chi connectivity index (χ3v) is 2.20. The number of rotatable bonds is 5. The average Bonchev–Trinajstić information content (AvgIpc) is 2.37. The van der Waals surface area contributed by atoms with Gasteiger partial charge in [0, 0.05) is 12.1 Å². The van der Waals surface area contributed by atoms with Gasteiger partial charge in [-0.15, -0.1) is 0 Å². The topological polar surface area (TPSA) is 70.2 Å². The van der Waals surface area contributed by atoms with Crippen molar-refractivity contribution in [2.45, 2.75) is 13.8 Å². The van der Waals surface area contributed by atoms with Gasteiger partial charge < -0.3 is 16.0 Å². The smallest absolute Gasteiger partial charge is 0.316 e. The fraction of sp³-hybridized carbons (Fsp3) is 0.385. The van der Waals surface area contributed by atoms with E-state index in [0.717, 1.165) is 0 Å². The summed E-state index contributed by atoms with van der Waals surface area (Å²) in [5.74, 6) is 0.189. The molecule has 0 saturated heterocycles. The Morgan fingerprint density at radius 3 is 2.33 bits per heavy atom. The van der Waals surface area contributed by atoms with Crippen molar-refractivity contribution < 1.29 is 9.59 Å². The molecule has 0 aliphatic carbocycles. The van der Waals surface area contributed by atoms with Gasteiger partial charge in [0.25, 0.3) is 5.91 Å². The number of nitrogens with one attached hydrogen (secondary N) is 3. The van der Waals surface area contributed by atoms with Gasteiger partial charge in [0.2, 0.25) is 0 Å². The molecule has 0 unspecified atom stereocenters. The van der Waals surface area contributed by atoms with Crippen molar-refractivity contribution in [3.63, 3.8) is 0 Å². The summed E-state index contributed by atoms with van der Waals surface area (Å²) >= 11 is 0. The SMILES string of the molecule is CC(C)CNC(=O)NCNC(=O)c1ccccc1. The molecule has 3 N–H and O–H groups in total. The molecule has 18 heavy (non-hydrogen) atoms. The van der Waals surface area contributed by atoms with Gasteiger partial charge in [-0.2, -0.15) is 0 Å². The van der Waals surface area contributed by atoms with Crippen molar-refractivity contribution in [1.82, 2.24) is 16.0 Å². The van der Waals surface area contributed by atoms with Crippen molar-refractivity contribution in [3.8, 4) is 0 Å². The minimum atomic E-state index is -0.280. The predicted molar refractivity (Wildman–Crippen MR) is 70.1 cm³/mol. The average molecular weight is 249 g/mol. The van der Waals surface area contributed by atoms with Gasteiger partial charge in [-0.05, 0) is 18.1 Å². The lowest BCUT2D eigenvalue weighted by atomic mass is 10.2. The minimum Gasteiger partial charge on any atom is -0.338 e. The molecule has 0 aliphatic heterocycles. The molecule has 0 aliphatic rings. The Morgan fingerprint density at radius 2 is 1.72 bits per heavy atom. The number of urea groups is 1. The second kappa shape index (κ2) is 7.32. The van der Waals surface area contributed by atoms with Crippen LogP contribution in [0.15, 0.2) is 30.3 Å². The number of amides is 3. The molecule has 5 nitrogen and oxygen atoms in total. The first-order valence-corrected chi connectivity index (χ1v) is 5.94. The van der Waals surface area contributed by atoms with Gasteiger partial charge >= 0.3 is 6.03 Å². The maximum Gasteiger partial charge on any atom is 0.316 e. The summed E-state index contributed by atoms with van der Waals surface area (Å²) in [6.45, 7) is 4.74.